The lowest BCUT2D eigenvalue weighted by Crippen LogP contribution is -2.50. The minimum absolute atomic E-state index is 0.0374. The summed E-state index contributed by atoms with van der Waals surface area (Å²) in [5, 5.41) is 3.02. The molecule has 2 aliphatic rings. The van der Waals surface area contributed by atoms with Gasteiger partial charge in [0.2, 0.25) is 5.95 Å². The molecular formula is C22H30N6O. The predicted molar refractivity (Wildman–Crippen MR) is 117 cm³/mol. The second kappa shape index (κ2) is 8.68. The van der Waals surface area contributed by atoms with E-state index in [-0.39, 0.29) is 6.03 Å². The molecule has 0 radical (unpaired) electrons. The molecular weight excluding hydrogens is 364 g/mol. The lowest BCUT2D eigenvalue weighted by atomic mass is 10.1. The van der Waals surface area contributed by atoms with E-state index in [1.807, 2.05) is 35.4 Å². The fourth-order valence-corrected chi connectivity index (χ4v) is 3.92. The number of rotatable bonds is 3. The number of nitrogens with one attached hydrogen (secondary N) is 1. The molecule has 2 fully saturated rings. The highest BCUT2D eigenvalue weighted by Crippen LogP contribution is 2.20. The van der Waals surface area contributed by atoms with E-state index >= 15 is 0 Å². The van der Waals surface area contributed by atoms with Gasteiger partial charge >= 0.3 is 6.03 Å². The van der Waals surface area contributed by atoms with Crippen molar-refractivity contribution in [3.8, 4) is 0 Å². The number of aromatic nitrogens is 2. The zero-order valence-electron chi connectivity index (χ0n) is 17.4. The SMILES string of the molecule is Cc1ccc(NC(=O)N2CCN(c3ccnc(N4CCCCC4)n3)CC2)cc1C. The van der Waals surface area contributed by atoms with E-state index in [2.05, 4.69) is 33.9 Å². The van der Waals surface area contributed by atoms with Gasteiger partial charge in [-0.1, -0.05) is 6.07 Å². The van der Waals surface area contributed by atoms with Gasteiger partial charge in [0.25, 0.3) is 0 Å². The molecule has 0 spiro atoms. The third-order valence-electron chi connectivity index (χ3n) is 5.92. The van der Waals surface area contributed by atoms with E-state index in [0.29, 0.717) is 13.1 Å². The predicted octanol–water partition coefficient (Wildman–Crippen LogP) is 3.44. The first kappa shape index (κ1) is 19.5. The molecule has 2 aliphatic heterocycles. The van der Waals surface area contributed by atoms with Gasteiger partial charge in [0.15, 0.2) is 0 Å². The molecule has 0 saturated carbocycles. The van der Waals surface area contributed by atoms with Crippen molar-refractivity contribution in [2.24, 2.45) is 0 Å². The summed E-state index contributed by atoms with van der Waals surface area (Å²) in [7, 11) is 0. The number of carbonyl (C=O) groups excluding carboxylic acids is 1. The number of aryl methyl sites for hydroxylation is 2. The second-order valence-corrected chi connectivity index (χ2v) is 7.97. The Balaban J connectivity index is 1.34. The fourth-order valence-electron chi connectivity index (χ4n) is 3.92. The van der Waals surface area contributed by atoms with Gasteiger partial charge in [-0.15, -0.1) is 0 Å². The summed E-state index contributed by atoms with van der Waals surface area (Å²) >= 11 is 0. The summed E-state index contributed by atoms with van der Waals surface area (Å²) in [5.41, 5.74) is 3.26. The average molecular weight is 395 g/mol. The minimum atomic E-state index is -0.0374. The van der Waals surface area contributed by atoms with Gasteiger partial charge in [0.1, 0.15) is 5.82 Å². The first-order chi connectivity index (χ1) is 14.1. The molecule has 0 unspecified atom stereocenters. The number of hydrogen-bond donors (Lipinski definition) is 1. The lowest BCUT2D eigenvalue weighted by molar-refractivity contribution is 0.208. The van der Waals surface area contributed by atoms with E-state index in [1.165, 1.54) is 30.4 Å². The zero-order valence-corrected chi connectivity index (χ0v) is 17.4. The number of amides is 2. The largest absolute Gasteiger partial charge is 0.353 e. The molecule has 7 heteroatoms. The van der Waals surface area contributed by atoms with E-state index in [9.17, 15) is 4.79 Å². The number of piperazine rings is 1. The highest BCUT2D eigenvalue weighted by atomic mass is 16.2. The Hall–Kier alpha value is -2.83. The monoisotopic (exact) mass is 394 g/mol. The Bertz CT molecular complexity index is 856. The topological polar surface area (TPSA) is 64.6 Å². The number of anilines is 3. The average Bonchev–Trinajstić information content (AvgIpc) is 2.77. The van der Waals surface area contributed by atoms with Crippen LogP contribution in [0.5, 0.6) is 0 Å². The van der Waals surface area contributed by atoms with Gasteiger partial charge in [0, 0.05) is 51.2 Å². The van der Waals surface area contributed by atoms with E-state index in [0.717, 1.165) is 43.6 Å². The van der Waals surface area contributed by atoms with Crippen molar-refractivity contribution in [1.82, 2.24) is 14.9 Å². The van der Waals surface area contributed by atoms with Crippen molar-refractivity contribution in [2.75, 3.05) is 54.4 Å². The van der Waals surface area contributed by atoms with Gasteiger partial charge in [0.05, 0.1) is 0 Å². The number of hydrogen-bond acceptors (Lipinski definition) is 5. The van der Waals surface area contributed by atoms with Crippen molar-refractivity contribution in [3.63, 3.8) is 0 Å². The number of piperidine rings is 1. The van der Waals surface area contributed by atoms with Crippen molar-refractivity contribution in [3.05, 3.63) is 41.6 Å². The first-order valence-corrected chi connectivity index (χ1v) is 10.6. The Kier molecular flexibility index (Phi) is 5.83. The number of carbonyl (C=O) groups is 1. The molecule has 2 amide bonds. The molecule has 0 aliphatic carbocycles. The van der Waals surface area contributed by atoms with Crippen LogP contribution in [-0.2, 0) is 0 Å². The molecule has 1 N–H and O–H groups in total. The van der Waals surface area contributed by atoms with Crippen LogP contribution >= 0.6 is 0 Å². The smallest absolute Gasteiger partial charge is 0.321 e. The molecule has 1 aromatic carbocycles. The molecule has 1 aromatic heterocycles. The van der Waals surface area contributed by atoms with Crippen LogP contribution in [0.4, 0.5) is 22.2 Å². The molecule has 4 rings (SSSR count). The number of benzene rings is 1. The van der Waals surface area contributed by atoms with Gasteiger partial charge in [-0.2, -0.15) is 4.98 Å². The summed E-state index contributed by atoms with van der Waals surface area (Å²) in [5.74, 6) is 1.78. The van der Waals surface area contributed by atoms with Crippen LogP contribution in [0.1, 0.15) is 30.4 Å². The van der Waals surface area contributed by atoms with Crippen molar-refractivity contribution >= 4 is 23.5 Å². The molecule has 2 aromatic rings. The molecule has 29 heavy (non-hydrogen) atoms. The van der Waals surface area contributed by atoms with Crippen LogP contribution < -0.4 is 15.1 Å². The maximum atomic E-state index is 12.6. The third kappa shape index (κ3) is 4.60. The Morgan fingerprint density at radius 3 is 2.38 bits per heavy atom. The third-order valence-corrected chi connectivity index (χ3v) is 5.92. The van der Waals surface area contributed by atoms with E-state index < -0.39 is 0 Å². The van der Waals surface area contributed by atoms with Crippen molar-refractivity contribution in [1.29, 1.82) is 0 Å². The van der Waals surface area contributed by atoms with Crippen LogP contribution in [0.15, 0.2) is 30.5 Å². The van der Waals surface area contributed by atoms with Crippen molar-refractivity contribution < 1.29 is 4.79 Å². The van der Waals surface area contributed by atoms with Gasteiger partial charge in [-0.3, -0.25) is 0 Å². The Morgan fingerprint density at radius 2 is 1.66 bits per heavy atom. The van der Waals surface area contributed by atoms with Gasteiger partial charge in [-0.05, 0) is 62.4 Å². The van der Waals surface area contributed by atoms with Gasteiger partial charge < -0.3 is 20.0 Å². The number of nitrogens with zero attached hydrogens (tertiary/aromatic N) is 5. The number of urea groups is 1. The molecule has 7 nitrogen and oxygen atoms in total. The Labute approximate surface area is 172 Å². The van der Waals surface area contributed by atoms with Crippen LogP contribution in [0.3, 0.4) is 0 Å². The zero-order chi connectivity index (χ0) is 20.2. The van der Waals surface area contributed by atoms with Crippen molar-refractivity contribution in [2.45, 2.75) is 33.1 Å². The highest BCUT2D eigenvalue weighted by molar-refractivity contribution is 5.89. The quantitative estimate of drug-likeness (QED) is 0.864. The Morgan fingerprint density at radius 1 is 0.897 bits per heavy atom. The van der Waals surface area contributed by atoms with Crippen LogP contribution in [-0.4, -0.2) is 60.2 Å². The van der Waals surface area contributed by atoms with E-state index in [1.54, 1.807) is 0 Å². The summed E-state index contributed by atoms with van der Waals surface area (Å²) in [6.07, 6.45) is 5.57. The molecule has 0 bridgehead atoms. The normalized spacial score (nSPS) is 17.4. The highest BCUT2D eigenvalue weighted by Gasteiger charge is 2.23. The van der Waals surface area contributed by atoms with Crippen LogP contribution in [0.2, 0.25) is 0 Å². The van der Waals surface area contributed by atoms with Crippen LogP contribution in [0.25, 0.3) is 0 Å². The summed E-state index contributed by atoms with van der Waals surface area (Å²) < 4.78 is 0. The first-order valence-electron chi connectivity index (χ1n) is 10.6. The summed E-state index contributed by atoms with van der Waals surface area (Å²) in [6.45, 7) is 9.12. The maximum absolute atomic E-state index is 12.6. The second-order valence-electron chi connectivity index (χ2n) is 7.97. The summed E-state index contributed by atoms with van der Waals surface area (Å²) in [4.78, 5) is 28.3. The van der Waals surface area contributed by atoms with Gasteiger partial charge in [-0.25, -0.2) is 9.78 Å². The lowest BCUT2D eigenvalue weighted by Gasteiger charge is -2.36. The van der Waals surface area contributed by atoms with Crippen LogP contribution in [0, 0.1) is 13.8 Å². The summed E-state index contributed by atoms with van der Waals surface area (Å²) in [6, 6.07) is 7.95. The maximum Gasteiger partial charge on any atom is 0.321 e. The van der Waals surface area contributed by atoms with E-state index in [4.69, 9.17) is 4.98 Å². The minimum Gasteiger partial charge on any atom is -0.353 e. The molecule has 154 valence electrons. The standard InChI is InChI=1S/C22H30N6O/c1-17-6-7-19(16-18(17)2)24-22(29)28-14-12-26(13-15-28)20-8-9-23-21(25-20)27-10-4-3-5-11-27/h6-9,16H,3-5,10-15H2,1-2H3,(H,24,29). The molecule has 0 atom stereocenters. The molecule has 2 saturated heterocycles. The fraction of sp³-hybridized carbons (Fsp3) is 0.500. The molecule has 3 heterocycles.